The van der Waals surface area contributed by atoms with Gasteiger partial charge in [0.25, 0.3) is 11.8 Å². The largest absolute Gasteiger partial charge is 0.497 e. The molecule has 0 bridgehead atoms. The maximum absolute atomic E-state index is 11.9. The second kappa shape index (κ2) is 5.52. The molecular formula is C15H15NO3. The van der Waals surface area contributed by atoms with Gasteiger partial charge in [-0.15, -0.1) is 0 Å². The van der Waals surface area contributed by atoms with Crippen molar-refractivity contribution in [3.05, 3.63) is 48.1 Å². The van der Waals surface area contributed by atoms with Gasteiger partial charge in [-0.2, -0.15) is 0 Å². The number of amides is 2. The van der Waals surface area contributed by atoms with Crippen molar-refractivity contribution in [3.8, 4) is 5.75 Å². The van der Waals surface area contributed by atoms with E-state index in [4.69, 9.17) is 4.74 Å². The lowest BCUT2D eigenvalue weighted by Gasteiger charge is -2.09. The molecule has 98 valence electrons. The van der Waals surface area contributed by atoms with Gasteiger partial charge >= 0.3 is 0 Å². The number of imide groups is 1. The number of nitrogens with zero attached hydrogens (tertiary/aromatic N) is 1. The zero-order valence-corrected chi connectivity index (χ0v) is 10.8. The Bertz CT molecular complexity index is 543. The Balaban J connectivity index is 2.03. The normalized spacial score (nSPS) is 15.3. The van der Waals surface area contributed by atoms with E-state index >= 15 is 0 Å². The number of methoxy groups -OCH3 is 1. The highest BCUT2D eigenvalue weighted by atomic mass is 16.5. The van der Waals surface area contributed by atoms with Crippen LogP contribution in [-0.2, 0) is 9.59 Å². The molecule has 0 spiro atoms. The van der Waals surface area contributed by atoms with Crippen molar-refractivity contribution in [1.29, 1.82) is 0 Å². The molecule has 1 saturated heterocycles. The van der Waals surface area contributed by atoms with Crippen molar-refractivity contribution < 1.29 is 14.3 Å². The molecule has 1 aliphatic heterocycles. The van der Waals surface area contributed by atoms with E-state index < -0.39 is 0 Å². The zero-order chi connectivity index (χ0) is 13.8. The number of ether oxygens (including phenoxy) is 1. The topological polar surface area (TPSA) is 46.6 Å². The van der Waals surface area contributed by atoms with Crippen molar-refractivity contribution >= 4 is 17.9 Å². The predicted molar refractivity (Wildman–Crippen MR) is 72.5 cm³/mol. The van der Waals surface area contributed by atoms with Gasteiger partial charge in [0, 0.05) is 18.2 Å². The smallest absolute Gasteiger partial charge is 0.256 e. The van der Waals surface area contributed by atoms with Crippen LogP contribution in [0.4, 0.5) is 0 Å². The monoisotopic (exact) mass is 257 g/mol. The lowest BCUT2D eigenvalue weighted by Crippen LogP contribution is -2.30. The molecule has 0 unspecified atom stereocenters. The fourth-order valence-corrected chi connectivity index (χ4v) is 1.83. The Morgan fingerprint density at radius 2 is 2.05 bits per heavy atom. The lowest BCUT2D eigenvalue weighted by atomic mass is 10.2. The van der Waals surface area contributed by atoms with Crippen LogP contribution >= 0.6 is 0 Å². The number of carbonyl (C=O) groups excluding carboxylic acids is 2. The third-order valence-electron chi connectivity index (χ3n) is 2.98. The minimum atomic E-state index is -0.306. The maximum atomic E-state index is 11.9. The third-order valence-corrected chi connectivity index (χ3v) is 2.98. The van der Waals surface area contributed by atoms with Crippen LogP contribution in [0.25, 0.3) is 6.08 Å². The lowest BCUT2D eigenvalue weighted by molar-refractivity contribution is -0.137. The summed E-state index contributed by atoms with van der Waals surface area (Å²) in [5, 5.41) is 0. The van der Waals surface area contributed by atoms with Gasteiger partial charge in [0.1, 0.15) is 5.75 Å². The van der Waals surface area contributed by atoms with Crippen LogP contribution < -0.4 is 4.74 Å². The minimum Gasteiger partial charge on any atom is -0.497 e. The van der Waals surface area contributed by atoms with Crippen molar-refractivity contribution in [3.63, 3.8) is 0 Å². The summed E-state index contributed by atoms with van der Waals surface area (Å²) in [6.45, 7) is 4.04. The zero-order valence-electron chi connectivity index (χ0n) is 10.8. The first-order valence-electron chi connectivity index (χ1n) is 5.97. The molecule has 1 fully saturated rings. The van der Waals surface area contributed by atoms with Crippen LogP contribution in [0.3, 0.4) is 0 Å². The standard InChI is InChI=1S/C15H15NO3/c1-11-9-10-16(15(11)18)14(17)8-5-12-3-6-13(19-2)7-4-12/h3-8H,1,9-10H2,2H3/b8-5+. The third kappa shape index (κ3) is 2.91. The van der Waals surface area contributed by atoms with Crippen molar-refractivity contribution in [2.24, 2.45) is 0 Å². The highest BCUT2D eigenvalue weighted by molar-refractivity contribution is 6.10. The summed E-state index contributed by atoms with van der Waals surface area (Å²) in [6, 6.07) is 7.31. The van der Waals surface area contributed by atoms with Crippen molar-refractivity contribution in [2.45, 2.75) is 6.42 Å². The molecule has 0 N–H and O–H groups in total. The van der Waals surface area contributed by atoms with Gasteiger partial charge in [0.2, 0.25) is 0 Å². The van der Waals surface area contributed by atoms with Gasteiger partial charge in [-0.05, 0) is 30.2 Å². The van der Waals surface area contributed by atoms with Crippen molar-refractivity contribution in [2.75, 3.05) is 13.7 Å². The van der Waals surface area contributed by atoms with E-state index in [1.807, 2.05) is 24.3 Å². The molecule has 19 heavy (non-hydrogen) atoms. The van der Waals surface area contributed by atoms with E-state index in [1.165, 1.54) is 11.0 Å². The first-order valence-corrected chi connectivity index (χ1v) is 5.97. The fraction of sp³-hybridized carbons (Fsp3) is 0.200. The Hall–Kier alpha value is -2.36. The molecule has 2 rings (SSSR count). The molecule has 0 aliphatic carbocycles. The van der Waals surface area contributed by atoms with Gasteiger partial charge in [-0.3, -0.25) is 14.5 Å². The molecule has 0 saturated carbocycles. The van der Waals surface area contributed by atoms with Crippen LogP contribution in [0.1, 0.15) is 12.0 Å². The van der Waals surface area contributed by atoms with E-state index in [1.54, 1.807) is 13.2 Å². The van der Waals surface area contributed by atoms with Crippen LogP contribution in [0, 0.1) is 0 Å². The summed E-state index contributed by atoms with van der Waals surface area (Å²) < 4.78 is 5.05. The summed E-state index contributed by atoms with van der Waals surface area (Å²) in [4.78, 5) is 24.7. The average molecular weight is 257 g/mol. The molecule has 1 aliphatic rings. The van der Waals surface area contributed by atoms with Crippen LogP contribution in [0.2, 0.25) is 0 Å². The Labute approximate surface area is 112 Å². The van der Waals surface area contributed by atoms with Crippen LogP contribution in [0.5, 0.6) is 5.75 Å². The number of benzene rings is 1. The van der Waals surface area contributed by atoms with Gasteiger partial charge < -0.3 is 4.74 Å². The number of hydrogen-bond donors (Lipinski definition) is 0. The van der Waals surface area contributed by atoms with E-state index in [0.29, 0.717) is 18.5 Å². The molecule has 4 heteroatoms. The summed E-state index contributed by atoms with van der Waals surface area (Å²) >= 11 is 0. The fourth-order valence-electron chi connectivity index (χ4n) is 1.83. The minimum absolute atomic E-state index is 0.274. The summed E-state index contributed by atoms with van der Waals surface area (Å²) in [5.74, 6) is 0.179. The molecular weight excluding hydrogens is 242 g/mol. The van der Waals surface area contributed by atoms with Gasteiger partial charge in [-0.1, -0.05) is 18.7 Å². The second-order valence-corrected chi connectivity index (χ2v) is 4.26. The van der Waals surface area contributed by atoms with Gasteiger partial charge in [0.15, 0.2) is 0 Å². The molecule has 0 atom stereocenters. The van der Waals surface area contributed by atoms with Crippen LogP contribution in [-0.4, -0.2) is 30.4 Å². The number of rotatable bonds is 3. The first-order chi connectivity index (χ1) is 9.11. The maximum Gasteiger partial charge on any atom is 0.256 e. The molecule has 4 nitrogen and oxygen atoms in total. The molecule has 1 aromatic carbocycles. The number of carbonyl (C=O) groups is 2. The van der Waals surface area contributed by atoms with E-state index in [-0.39, 0.29) is 11.8 Å². The molecule has 1 aromatic rings. The molecule has 0 aromatic heterocycles. The Morgan fingerprint density at radius 1 is 1.37 bits per heavy atom. The molecule has 2 amide bonds. The van der Waals surface area contributed by atoms with E-state index in [2.05, 4.69) is 6.58 Å². The summed E-state index contributed by atoms with van der Waals surface area (Å²) in [6.07, 6.45) is 3.63. The predicted octanol–water partition coefficient (Wildman–Crippen LogP) is 2.02. The Kier molecular flexibility index (Phi) is 3.80. The Morgan fingerprint density at radius 3 is 2.58 bits per heavy atom. The summed E-state index contributed by atoms with van der Waals surface area (Å²) in [5.41, 5.74) is 1.37. The van der Waals surface area contributed by atoms with Gasteiger partial charge in [0.05, 0.1) is 7.11 Å². The second-order valence-electron chi connectivity index (χ2n) is 4.26. The number of hydrogen-bond acceptors (Lipinski definition) is 3. The van der Waals surface area contributed by atoms with E-state index in [9.17, 15) is 9.59 Å². The highest BCUT2D eigenvalue weighted by Gasteiger charge is 2.27. The van der Waals surface area contributed by atoms with Gasteiger partial charge in [-0.25, -0.2) is 0 Å². The van der Waals surface area contributed by atoms with E-state index in [0.717, 1.165) is 11.3 Å². The average Bonchev–Trinajstić information content (AvgIpc) is 2.77. The number of likely N-dealkylation sites (tertiary alicyclic amines) is 1. The quantitative estimate of drug-likeness (QED) is 0.778. The first kappa shape index (κ1) is 13.1. The molecule has 1 heterocycles. The SMILES string of the molecule is C=C1CCN(C(=O)/C=C/c2ccc(OC)cc2)C1=O. The summed E-state index contributed by atoms with van der Waals surface area (Å²) in [7, 11) is 1.60. The highest BCUT2D eigenvalue weighted by Crippen LogP contribution is 2.16. The molecule has 0 radical (unpaired) electrons. The van der Waals surface area contributed by atoms with Crippen LogP contribution in [0.15, 0.2) is 42.5 Å². The van der Waals surface area contributed by atoms with Crippen molar-refractivity contribution in [1.82, 2.24) is 4.90 Å².